The molecule has 0 aliphatic rings. The van der Waals surface area contributed by atoms with E-state index in [0.29, 0.717) is 29.2 Å². The molecule has 0 aliphatic heterocycles. The fourth-order valence-electron chi connectivity index (χ4n) is 1.76. The molecule has 0 fully saturated rings. The number of hydrogen-bond acceptors (Lipinski definition) is 3. The molecule has 0 heterocycles. The Morgan fingerprint density at radius 1 is 1.14 bits per heavy atom. The summed E-state index contributed by atoms with van der Waals surface area (Å²) in [5, 5.41) is 15.1. The molecule has 2 aromatic carbocycles. The first-order valence-corrected chi connectivity index (χ1v) is 6.85. The van der Waals surface area contributed by atoms with Gasteiger partial charge in [-0.05, 0) is 36.4 Å². The lowest BCUT2D eigenvalue weighted by atomic mass is 10.2. The first kappa shape index (κ1) is 14.9. The maximum absolute atomic E-state index is 11.8. The number of amides is 1. The number of nitrogens with zero attached hydrogens (tertiary/aromatic N) is 1. The van der Waals surface area contributed by atoms with Gasteiger partial charge in [-0.15, -0.1) is 0 Å². The Kier molecular flexibility index (Phi) is 5.19. The lowest BCUT2D eigenvalue weighted by Crippen LogP contribution is -2.16. The SMILES string of the molecule is N#Cc1ccc(NCCC(=O)Nc2ccccc2Cl)cc1. The Hall–Kier alpha value is -2.51. The summed E-state index contributed by atoms with van der Waals surface area (Å²) >= 11 is 5.97. The van der Waals surface area contributed by atoms with E-state index in [1.807, 2.05) is 24.3 Å². The van der Waals surface area contributed by atoms with Crippen molar-refractivity contribution in [2.24, 2.45) is 0 Å². The van der Waals surface area contributed by atoms with E-state index in [9.17, 15) is 4.79 Å². The highest BCUT2D eigenvalue weighted by molar-refractivity contribution is 6.33. The maximum atomic E-state index is 11.8. The van der Waals surface area contributed by atoms with Crippen molar-refractivity contribution in [3.8, 4) is 6.07 Å². The van der Waals surface area contributed by atoms with Gasteiger partial charge in [0.05, 0.1) is 22.3 Å². The summed E-state index contributed by atoms with van der Waals surface area (Å²) in [6, 6.07) is 16.2. The van der Waals surface area contributed by atoms with Crippen LogP contribution >= 0.6 is 11.6 Å². The average Bonchev–Trinajstić information content (AvgIpc) is 2.50. The fourth-order valence-corrected chi connectivity index (χ4v) is 1.94. The third-order valence-corrected chi connectivity index (χ3v) is 3.17. The Balaban J connectivity index is 1.79. The summed E-state index contributed by atoms with van der Waals surface area (Å²) in [6.07, 6.45) is 0.325. The van der Waals surface area contributed by atoms with E-state index in [-0.39, 0.29) is 5.91 Å². The van der Waals surface area contributed by atoms with Gasteiger partial charge in [0.2, 0.25) is 5.91 Å². The first-order valence-electron chi connectivity index (χ1n) is 6.47. The molecule has 0 radical (unpaired) electrons. The van der Waals surface area contributed by atoms with Gasteiger partial charge in [0.15, 0.2) is 0 Å². The van der Waals surface area contributed by atoms with Crippen LogP contribution in [0.5, 0.6) is 0 Å². The van der Waals surface area contributed by atoms with Crippen molar-refractivity contribution in [1.82, 2.24) is 0 Å². The van der Waals surface area contributed by atoms with Crippen molar-refractivity contribution in [3.63, 3.8) is 0 Å². The largest absolute Gasteiger partial charge is 0.385 e. The van der Waals surface area contributed by atoms with Crippen LogP contribution in [0.2, 0.25) is 5.02 Å². The minimum Gasteiger partial charge on any atom is -0.385 e. The van der Waals surface area contributed by atoms with Crippen molar-refractivity contribution in [2.45, 2.75) is 6.42 Å². The van der Waals surface area contributed by atoms with E-state index in [1.54, 1.807) is 24.3 Å². The quantitative estimate of drug-likeness (QED) is 0.885. The Bertz CT molecular complexity index is 662. The molecule has 0 saturated carbocycles. The molecule has 0 unspecified atom stereocenters. The monoisotopic (exact) mass is 299 g/mol. The van der Waals surface area contributed by atoms with Gasteiger partial charge in [0, 0.05) is 18.7 Å². The summed E-state index contributed by atoms with van der Waals surface area (Å²) in [4.78, 5) is 11.8. The fraction of sp³-hybridized carbons (Fsp3) is 0.125. The Labute approximate surface area is 128 Å². The molecule has 0 aliphatic carbocycles. The average molecular weight is 300 g/mol. The van der Waals surface area contributed by atoms with Crippen LogP contribution in [-0.2, 0) is 4.79 Å². The van der Waals surface area contributed by atoms with Crippen molar-refractivity contribution in [2.75, 3.05) is 17.2 Å². The van der Waals surface area contributed by atoms with Crippen LogP contribution in [0, 0.1) is 11.3 Å². The van der Waals surface area contributed by atoms with Gasteiger partial charge < -0.3 is 10.6 Å². The highest BCUT2D eigenvalue weighted by atomic mass is 35.5. The molecule has 0 bridgehead atoms. The molecule has 106 valence electrons. The highest BCUT2D eigenvalue weighted by Gasteiger charge is 2.04. The van der Waals surface area contributed by atoms with Crippen LogP contribution in [-0.4, -0.2) is 12.5 Å². The minimum absolute atomic E-state index is 0.107. The highest BCUT2D eigenvalue weighted by Crippen LogP contribution is 2.20. The number of hydrogen-bond donors (Lipinski definition) is 2. The predicted molar refractivity (Wildman–Crippen MR) is 84.3 cm³/mol. The van der Waals surface area contributed by atoms with Crippen molar-refractivity contribution >= 4 is 28.9 Å². The van der Waals surface area contributed by atoms with Gasteiger partial charge in [-0.2, -0.15) is 5.26 Å². The molecule has 2 rings (SSSR count). The van der Waals surface area contributed by atoms with Crippen LogP contribution < -0.4 is 10.6 Å². The number of carbonyl (C=O) groups excluding carboxylic acids is 1. The molecule has 0 spiro atoms. The number of carbonyl (C=O) groups is 1. The number of para-hydroxylation sites is 1. The molecule has 2 aromatic rings. The normalized spacial score (nSPS) is 9.71. The van der Waals surface area contributed by atoms with E-state index in [0.717, 1.165) is 5.69 Å². The minimum atomic E-state index is -0.107. The van der Waals surface area contributed by atoms with Crippen molar-refractivity contribution in [1.29, 1.82) is 5.26 Å². The van der Waals surface area contributed by atoms with Crippen LogP contribution in [0.25, 0.3) is 0 Å². The zero-order chi connectivity index (χ0) is 15.1. The van der Waals surface area contributed by atoms with E-state index in [1.165, 1.54) is 0 Å². The number of benzene rings is 2. The second-order valence-corrected chi connectivity index (χ2v) is 4.80. The smallest absolute Gasteiger partial charge is 0.226 e. The first-order chi connectivity index (χ1) is 10.2. The standard InChI is InChI=1S/C16H14ClN3O/c17-14-3-1-2-4-15(14)20-16(21)9-10-19-13-7-5-12(11-18)6-8-13/h1-8,19H,9-10H2,(H,20,21). The predicted octanol–water partition coefficient (Wildman–Crippen LogP) is 3.65. The Morgan fingerprint density at radius 2 is 1.86 bits per heavy atom. The Morgan fingerprint density at radius 3 is 2.52 bits per heavy atom. The van der Waals surface area contributed by atoms with Gasteiger partial charge >= 0.3 is 0 Å². The summed E-state index contributed by atoms with van der Waals surface area (Å²) in [6.45, 7) is 0.502. The number of nitrogens with one attached hydrogen (secondary N) is 2. The third kappa shape index (κ3) is 4.51. The zero-order valence-electron chi connectivity index (χ0n) is 11.3. The summed E-state index contributed by atoms with van der Waals surface area (Å²) in [5.74, 6) is -0.107. The van der Waals surface area contributed by atoms with Crippen LogP contribution in [0.4, 0.5) is 11.4 Å². The third-order valence-electron chi connectivity index (χ3n) is 2.84. The van der Waals surface area contributed by atoms with E-state index < -0.39 is 0 Å². The molecule has 0 atom stereocenters. The van der Waals surface area contributed by atoms with Crippen LogP contribution in [0.1, 0.15) is 12.0 Å². The van der Waals surface area contributed by atoms with Crippen molar-refractivity contribution < 1.29 is 4.79 Å². The molecule has 21 heavy (non-hydrogen) atoms. The van der Waals surface area contributed by atoms with Crippen LogP contribution in [0.3, 0.4) is 0 Å². The van der Waals surface area contributed by atoms with Gasteiger partial charge in [-0.25, -0.2) is 0 Å². The molecule has 4 nitrogen and oxygen atoms in total. The molecule has 0 saturated heterocycles. The second-order valence-electron chi connectivity index (χ2n) is 4.39. The second kappa shape index (κ2) is 7.32. The van der Waals surface area contributed by atoms with E-state index >= 15 is 0 Å². The topological polar surface area (TPSA) is 64.9 Å². The number of nitriles is 1. The lowest BCUT2D eigenvalue weighted by Gasteiger charge is -2.08. The van der Waals surface area contributed by atoms with Gasteiger partial charge in [-0.3, -0.25) is 4.79 Å². The van der Waals surface area contributed by atoms with Gasteiger partial charge in [0.25, 0.3) is 0 Å². The molecule has 0 aromatic heterocycles. The van der Waals surface area contributed by atoms with Gasteiger partial charge in [-0.1, -0.05) is 23.7 Å². The summed E-state index contributed by atoms with van der Waals surface area (Å²) < 4.78 is 0. The van der Waals surface area contributed by atoms with Crippen LogP contribution in [0.15, 0.2) is 48.5 Å². The van der Waals surface area contributed by atoms with Gasteiger partial charge in [0.1, 0.15) is 0 Å². The van der Waals surface area contributed by atoms with Crippen molar-refractivity contribution in [3.05, 3.63) is 59.1 Å². The molecule has 1 amide bonds. The molecule has 5 heteroatoms. The molecular weight excluding hydrogens is 286 g/mol. The molecule has 2 N–H and O–H groups in total. The summed E-state index contributed by atoms with van der Waals surface area (Å²) in [5.41, 5.74) is 2.10. The van der Waals surface area contributed by atoms with E-state index in [4.69, 9.17) is 16.9 Å². The maximum Gasteiger partial charge on any atom is 0.226 e. The molecular formula is C16H14ClN3O. The number of halogens is 1. The lowest BCUT2D eigenvalue weighted by molar-refractivity contribution is -0.115. The van der Waals surface area contributed by atoms with E-state index in [2.05, 4.69) is 16.7 Å². The summed E-state index contributed by atoms with van der Waals surface area (Å²) in [7, 11) is 0. The zero-order valence-corrected chi connectivity index (χ0v) is 12.0. The number of anilines is 2. The number of rotatable bonds is 5.